The zero-order valence-corrected chi connectivity index (χ0v) is 11.7. The fourth-order valence-corrected chi connectivity index (χ4v) is 3.19. The summed E-state index contributed by atoms with van der Waals surface area (Å²) in [7, 11) is 0. The molecule has 2 atom stereocenters. The van der Waals surface area contributed by atoms with Gasteiger partial charge in [-0.15, -0.1) is 10.2 Å². The van der Waals surface area contributed by atoms with Gasteiger partial charge >= 0.3 is 6.18 Å². The lowest BCUT2D eigenvalue weighted by atomic mass is 9.76. The Balaban J connectivity index is 2.10. The van der Waals surface area contributed by atoms with Gasteiger partial charge in [0.1, 0.15) is 0 Å². The zero-order chi connectivity index (χ0) is 15.3. The van der Waals surface area contributed by atoms with Crippen molar-refractivity contribution >= 4 is 5.65 Å². The number of hydrogen-bond acceptors (Lipinski definition) is 3. The van der Waals surface area contributed by atoms with Crippen molar-refractivity contribution in [2.45, 2.75) is 44.3 Å². The van der Waals surface area contributed by atoms with Gasteiger partial charge in [-0.05, 0) is 30.9 Å². The van der Waals surface area contributed by atoms with Crippen LogP contribution in [0.15, 0.2) is 18.3 Å². The van der Waals surface area contributed by atoms with Gasteiger partial charge in [0.05, 0.1) is 11.1 Å². The number of aromatic nitrogens is 3. The van der Waals surface area contributed by atoms with Gasteiger partial charge in [0, 0.05) is 6.20 Å². The minimum Gasteiger partial charge on any atom is -0.319 e. The van der Waals surface area contributed by atoms with Crippen LogP contribution < -0.4 is 5.73 Å². The quantitative estimate of drug-likeness (QED) is 0.880. The highest BCUT2D eigenvalue weighted by atomic mass is 19.4. The molecular formula is C14H17F3N4. The molecule has 0 bridgehead atoms. The largest absolute Gasteiger partial charge is 0.417 e. The fourth-order valence-electron chi connectivity index (χ4n) is 3.19. The van der Waals surface area contributed by atoms with E-state index in [9.17, 15) is 13.2 Å². The molecule has 1 saturated carbocycles. The van der Waals surface area contributed by atoms with E-state index < -0.39 is 17.3 Å². The number of rotatable bonds is 1. The molecule has 1 aliphatic rings. The van der Waals surface area contributed by atoms with Crippen LogP contribution in [0.4, 0.5) is 13.2 Å². The summed E-state index contributed by atoms with van der Waals surface area (Å²) in [5.74, 6) is 0.858. The zero-order valence-electron chi connectivity index (χ0n) is 11.7. The average Bonchev–Trinajstić information content (AvgIpc) is 2.80. The Hall–Kier alpha value is -1.63. The second-order valence-electron chi connectivity index (χ2n) is 6.03. The Labute approximate surface area is 120 Å². The first-order valence-corrected chi connectivity index (χ1v) is 7.01. The highest BCUT2D eigenvalue weighted by Gasteiger charge is 2.38. The minimum absolute atomic E-state index is 0.390. The molecule has 0 spiro atoms. The Kier molecular flexibility index (Phi) is 3.20. The third-order valence-electron chi connectivity index (χ3n) is 4.21. The molecule has 2 unspecified atom stereocenters. The smallest absolute Gasteiger partial charge is 0.319 e. The van der Waals surface area contributed by atoms with E-state index in [1.807, 2.05) is 0 Å². The maximum atomic E-state index is 12.9. The maximum Gasteiger partial charge on any atom is 0.417 e. The molecule has 0 aliphatic heterocycles. The molecule has 2 aromatic heterocycles. The molecule has 1 fully saturated rings. The van der Waals surface area contributed by atoms with Gasteiger partial charge in [0.2, 0.25) is 0 Å². The number of nitrogens with two attached hydrogens (primary N) is 1. The van der Waals surface area contributed by atoms with E-state index >= 15 is 0 Å². The number of fused-ring (bicyclic) bond motifs is 1. The Morgan fingerprint density at radius 1 is 1.33 bits per heavy atom. The van der Waals surface area contributed by atoms with E-state index in [-0.39, 0.29) is 0 Å². The van der Waals surface area contributed by atoms with Crippen molar-refractivity contribution in [2.24, 2.45) is 11.7 Å². The molecular weight excluding hydrogens is 281 g/mol. The lowest BCUT2D eigenvalue weighted by Gasteiger charge is -2.35. The van der Waals surface area contributed by atoms with Crippen LogP contribution in [0.2, 0.25) is 0 Å². The van der Waals surface area contributed by atoms with Crippen molar-refractivity contribution in [1.29, 1.82) is 0 Å². The summed E-state index contributed by atoms with van der Waals surface area (Å²) in [6.45, 7) is 2.10. The lowest BCUT2D eigenvalue weighted by molar-refractivity contribution is -0.137. The molecule has 1 aliphatic carbocycles. The summed E-state index contributed by atoms with van der Waals surface area (Å²) in [6.07, 6.45) is 0.114. The lowest BCUT2D eigenvalue weighted by Crippen LogP contribution is -2.42. The first-order valence-electron chi connectivity index (χ1n) is 7.01. The van der Waals surface area contributed by atoms with E-state index in [4.69, 9.17) is 5.73 Å². The van der Waals surface area contributed by atoms with Gasteiger partial charge in [-0.3, -0.25) is 4.40 Å². The van der Waals surface area contributed by atoms with Crippen LogP contribution in [0, 0.1) is 5.92 Å². The highest BCUT2D eigenvalue weighted by Crippen LogP contribution is 2.37. The molecule has 7 heteroatoms. The first kappa shape index (κ1) is 14.3. The molecule has 114 valence electrons. The van der Waals surface area contributed by atoms with Gasteiger partial charge in [0.25, 0.3) is 0 Å². The van der Waals surface area contributed by atoms with Crippen LogP contribution in [-0.4, -0.2) is 14.6 Å². The second kappa shape index (κ2) is 4.69. The molecule has 0 saturated heterocycles. The second-order valence-corrected chi connectivity index (χ2v) is 6.03. The summed E-state index contributed by atoms with van der Waals surface area (Å²) in [6, 6.07) is 2.34. The fraction of sp³-hybridized carbons (Fsp3) is 0.571. The van der Waals surface area contributed by atoms with Crippen LogP contribution in [-0.2, 0) is 11.7 Å². The van der Waals surface area contributed by atoms with Crippen LogP contribution in [0.3, 0.4) is 0 Å². The molecule has 2 aromatic rings. The predicted molar refractivity (Wildman–Crippen MR) is 71.5 cm³/mol. The summed E-state index contributed by atoms with van der Waals surface area (Å²) < 4.78 is 40.0. The van der Waals surface area contributed by atoms with Gasteiger partial charge in [-0.25, -0.2) is 0 Å². The molecule has 2 N–H and O–H groups in total. The van der Waals surface area contributed by atoms with Crippen LogP contribution in [0.25, 0.3) is 5.65 Å². The van der Waals surface area contributed by atoms with Crippen LogP contribution >= 0.6 is 0 Å². The highest BCUT2D eigenvalue weighted by molar-refractivity contribution is 5.41. The van der Waals surface area contributed by atoms with Gasteiger partial charge in [-0.2, -0.15) is 13.2 Å². The van der Waals surface area contributed by atoms with E-state index in [2.05, 4.69) is 17.1 Å². The normalized spacial score (nSPS) is 27.2. The van der Waals surface area contributed by atoms with Crippen molar-refractivity contribution in [2.75, 3.05) is 0 Å². The first-order chi connectivity index (χ1) is 9.79. The number of alkyl halides is 3. The van der Waals surface area contributed by atoms with Gasteiger partial charge < -0.3 is 5.73 Å². The minimum atomic E-state index is -4.39. The average molecular weight is 298 g/mol. The standard InChI is InChI=1S/C14H17F3N4/c1-9-3-2-6-13(18,7-9)12-20-19-11-5-4-10(8-21(11)12)14(15,16)17/h4-5,8-9H,2-3,6-7,18H2,1H3. The maximum absolute atomic E-state index is 12.9. The molecule has 0 amide bonds. The number of halogens is 3. The summed E-state index contributed by atoms with van der Waals surface area (Å²) in [4.78, 5) is 0. The van der Waals surface area contributed by atoms with Crippen molar-refractivity contribution in [1.82, 2.24) is 14.6 Å². The van der Waals surface area contributed by atoms with Crippen molar-refractivity contribution in [3.8, 4) is 0 Å². The molecule has 3 rings (SSSR count). The summed E-state index contributed by atoms with van der Waals surface area (Å²) in [5.41, 5.74) is 5.40. The van der Waals surface area contributed by atoms with Crippen molar-refractivity contribution in [3.05, 3.63) is 29.7 Å². The Morgan fingerprint density at radius 2 is 2.10 bits per heavy atom. The van der Waals surface area contributed by atoms with Crippen molar-refractivity contribution < 1.29 is 13.2 Å². The molecule has 4 nitrogen and oxygen atoms in total. The van der Waals surface area contributed by atoms with Crippen LogP contribution in [0.5, 0.6) is 0 Å². The molecule has 21 heavy (non-hydrogen) atoms. The number of nitrogens with zero attached hydrogens (tertiary/aromatic N) is 3. The SMILES string of the molecule is CC1CCCC(N)(c2nnc3ccc(C(F)(F)F)cn23)C1. The molecule has 0 radical (unpaired) electrons. The molecule has 0 aromatic carbocycles. The number of hydrogen-bond donors (Lipinski definition) is 1. The Morgan fingerprint density at radius 3 is 2.76 bits per heavy atom. The van der Waals surface area contributed by atoms with E-state index in [0.29, 0.717) is 30.2 Å². The molecule has 2 heterocycles. The van der Waals surface area contributed by atoms with Crippen LogP contribution in [0.1, 0.15) is 44.0 Å². The monoisotopic (exact) mass is 298 g/mol. The van der Waals surface area contributed by atoms with E-state index in [0.717, 1.165) is 25.1 Å². The van der Waals surface area contributed by atoms with Gasteiger partial charge in [-0.1, -0.05) is 19.8 Å². The predicted octanol–water partition coefficient (Wildman–Crippen LogP) is 3.11. The Bertz CT molecular complexity index is 664. The third kappa shape index (κ3) is 2.50. The topological polar surface area (TPSA) is 56.2 Å². The summed E-state index contributed by atoms with van der Waals surface area (Å²) >= 11 is 0. The van der Waals surface area contributed by atoms with Gasteiger partial charge in [0.15, 0.2) is 11.5 Å². The number of pyridine rings is 1. The van der Waals surface area contributed by atoms with E-state index in [1.54, 1.807) is 0 Å². The van der Waals surface area contributed by atoms with E-state index in [1.165, 1.54) is 10.5 Å². The summed E-state index contributed by atoms with van der Waals surface area (Å²) in [5, 5.41) is 8.02. The third-order valence-corrected chi connectivity index (χ3v) is 4.21. The van der Waals surface area contributed by atoms with Crippen molar-refractivity contribution in [3.63, 3.8) is 0 Å².